The van der Waals surface area contributed by atoms with Gasteiger partial charge in [-0.1, -0.05) is 24.3 Å². The molecule has 1 fully saturated rings. The zero-order valence-corrected chi connectivity index (χ0v) is 20.0. The lowest BCUT2D eigenvalue weighted by molar-refractivity contribution is -0.153. The summed E-state index contributed by atoms with van der Waals surface area (Å²) in [5.41, 5.74) is 2.35. The Morgan fingerprint density at radius 3 is 2.24 bits per heavy atom. The number of hydrogen-bond donors (Lipinski definition) is 1. The molecule has 1 saturated heterocycles. The van der Waals surface area contributed by atoms with Gasteiger partial charge in [0.2, 0.25) is 11.7 Å². The fraction of sp³-hybridized carbons (Fsp3) is 0.296. The number of ether oxygens (including phenoxy) is 1. The van der Waals surface area contributed by atoms with Gasteiger partial charge in [-0.3, -0.25) is 9.59 Å². The number of likely N-dealkylation sites (tertiary alicyclic amines) is 1. The fourth-order valence-corrected chi connectivity index (χ4v) is 4.39. The van der Waals surface area contributed by atoms with Crippen LogP contribution < -0.4 is 5.32 Å². The van der Waals surface area contributed by atoms with Crippen molar-refractivity contribution < 1.29 is 36.7 Å². The van der Waals surface area contributed by atoms with Gasteiger partial charge in [0.25, 0.3) is 5.91 Å². The Kier molecular flexibility index (Phi) is 7.66. The van der Waals surface area contributed by atoms with Crippen LogP contribution in [-0.4, -0.2) is 42.9 Å². The molecule has 37 heavy (non-hydrogen) atoms. The van der Waals surface area contributed by atoms with E-state index in [2.05, 4.69) is 14.5 Å². The predicted octanol–water partition coefficient (Wildman–Crippen LogP) is 5.29. The van der Waals surface area contributed by atoms with E-state index in [0.29, 0.717) is 37.2 Å². The summed E-state index contributed by atoms with van der Waals surface area (Å²) >= 11 is 0. The third-order valence-corrected chi connectivity index (χ3v) is 6.34. The summed E-state index contributed by atoms with van der Waals surface area (Å²) < 4.78 is 48.3. The highest BCUT2D eigenvalue weighted by molar-refractivity contribution is 5.95. The van der Waals surface area contributed by atoms with Gasteiger partial charge in [0, 0.05) is 18.8 Å². The number of nitrogens with zero attached hydrogens (tertiary/aromatic N) is 1. The minimum atomic E-state index is -4.72. The first-order chi connectivity index (χ1) is 17.7. The van der Waals surface area contributed by atoms with Gasteiger partial charge in [-0.15, -0.1) is 0 Å². The van der Waals surface area contributed by atoms with Crippen LogP contribution in [0.25, 0.3) is 0 Å². The highest BCUT2D eigenvalue weighted by atomic mass is 19.4. The molecular formula is C27H25F3N2O5. The molecule has 1 N–H and O–H groups in total. The van der Waals surface area contributed by atoms with Gasteiger partial charge in [0.15, 0.2) is 0 Å². The maximum absolute atomic E-state index is 13.1. The number of esters is 1. The van der Waals surface area contributed by atoms with Crippen molar-refractivity contribution in [2.24, 2.45) is 0 Å². The van der Waals surface area contributed by atoms with Gasteiger partial charge < -0.3 is 19.4 Å². The monoisotopic (exact) mass is 514 g/mol. The van der Waals surface area contributed by atoms with E-state index in [-0.39, 0.29) is 18.2 Å². The molecule has 1 aliphatic rings. The van der Waals surface area contributed by atoms with Gasteiger partial charge in [-0.2, -0.15) is 13.2 Å². The number of rotatable bonds is 6. The molecule has 0 unspecified atom stereocenters. The summed E-state index contributed by atoms with van der Waals surface area (Å²) in [4.78, 5) is 38.0. The van der Waals surface area contributed by atoms with Crippen LogP contribution in [0.1, 0.15) is 56.4 Å². The number of amides is 2. The molecule has 194 valence electrons. The second kappa shape index (κ2) is 10.9. The molecular weight excluding hydrogens is 489 g/mol. The van der Waals surface area contributed by atoms with Crippen molar-refractivity contribution in [3.05, 3.63) is 88.9 Å². The molecule has 2 heterocycles. The van der Waals surface area contributed by atoms with E-state index in [9.17, 15) is 27.6 Å². The number of alkyl halides is 3. The van der Waals surface area contributed by atoms with Crippen LogP contribution in [0, 0.1) is 0 Å². The zero-order valence-electron chi connectivity index (χ0n) is 20.0. The van der Waals surface area contributed by atoms with Crippen LogP contribution >= 0.6 is 0 Å². The van der Waals surface area contributed by atoms with E-state index in [4.69, 9.17) is 0 Å². The first-order valence-corrected chi connectivity index (χ1v) is 11.7. The Labute approximate surface area is 211 Å². The molecule has 0 saturated carbocycles. The zero-order chi connectivity index (χ0) is 26.6. The molecule has 1 aliphatic heterocycles. The molecule has 4 rings (SSSR count). The number of furan rings is 1. The standard InChI is InChI=1S/C27H25F3N2O5/c1-36-26(35)20-4-2-17(3-5-20)16-23(33)31-21-8-6-18(7-9-21)19-10-13-32(14-11-19)25(34)22-12-15-37-24(22)27(28,29)30/h2-9,12,15,19H,10-11,13-14,16H2,1H3,(H,31,33). The predicted molar refractivity (Wildman–Crippen MR) is 128 cm³/mol. The minimum absolute atomic E-state index is 0.141. The number of piperidine rings is 1. The second-order valence-corrected chi connectivity index (χ2v) is 8.76. The lowest BCUT2D eigenvalue weighted by Crippen LogP contribution is -2.38. The first kappa shape index (κ1) is 26.0. The summed E-state index contributed by atoms with van der Waals surface area (Å²) in [5.74, 6) is -2.45. The average molecular weight is 515 g/mol. The number of carbonyl (C=O) groups excluding carboxylic acids is 3. The largest absolute Gasteiger partial charge is 0.465 e. The van der Waals surface area contributed by atoms with Gasteiger partial charge >= 0.3 is 12.1 Å². The van der Waals surface area contributed by atoms with Crippen LogP contribution in [0.2, 0.25) is 0 Å². The molecule has 1 aromatic heterocycles. The average Bonchev–Trinajstić information content (AvgIpc) is 3.40. The van der Waals surface area contributed by atoms with Crippen LogP contribution in [0.5, 0.6) is 0 Å². The van der Waals surface area contributed by atoms with Gasteiger partial charge in [-0.05, 0) is 60.2 Å². The number of halogens is 3. The van der Waals surface area contributed by atoms with Crippen LogP contribution in [0.4, 0.5) is 18.9 Å². The summed E-state index contributed by atoms with van der Waals surface area (Å²) in [6.07, 6.45) is -2.48. The number of anilines is 1. The molecule has 2 amide bonds. The summed E-state index contributed by atoms with van der Waals surface area (Å²) in [7, 11) is 1.30. The summed E-state index contributed by atoms with van der Waals surface area (Å²) in [6, 6.07) is 15.1. The van der Waals surface area contributed by atoms with Crippen LogP contribution in [0.3, 0.4) is 0 Å². The Morgan fingerprint density at radius 2 is 1.65 bits per heavy atom. The Bertz CT molecular complexity index is 1260. The van der Waals surface area contributed by atoms with Crippen LogP contribution in [-0.2, 0) is 22.1 Å². The molecule has 0 aliphatic carbocycles. The highest BCUT2D eigenvalue weighted by Crippen LogP contribution is 2.35. The highest BCUT2D eigenvalue weighted by Gasteiger charge is 2.40. The Morgan fingerprint density at radius 1 is 1.00 bits per heavy atom. The number of carbonyl (C=O) groups is 3. The maximum atomic E-state index is 13.1. The number of hydrogen-bond acceptors (Lipinski definition) is 5. The van der Waals surface area contributed by atoms with E-state index < -0.39 is 29.4 Å². The van der Waals surface area contributed by atoms with Crippen molar-refractivity contribution in [1.82, 2.24) is 4.90 Å². The fourth-order valence-electron chi connectivity index (χ4n) is 4.39. The molecule has 0 spiro atoms. The smallest absolute Gasteiger partial charge is 0.450 e. The van der Waals surface area contributed by atoms with Crippen molar-refractivity contribution in [3.8, 4) is 0 Å². The van der Waals surface area contributed by atoms with Gasteiger partial charge in [0.05, 0.1) is 30.9 Å². The Balaban J connectivity index is 1.29. The lowest BCUT2D eigenvalue weighted by Gasteiger charge is -2.32. The summed E-state index contributed by atoms with van der Waals surface area (Å²) in [5, 5.41) is 2.84. The molecule has 3 aromatic rings. The van der Waals surface area contributed by atoms with Gasteiger partial charge in [-0.25, -0.2) is 4.79 Å². The third kappa shape index (κ3) is 6.19. The SMILES string of the molecule is COC(=O)c1ccc(CC(=O)Nc2ccc(C3CCN(C(=O)c4ccoc4C(F)(F)F)CC3)cc2)cc1. The molecule has 10 heteroatoms. The Hall–Kier alpha value is -4.08. The number of benzene rings is 2. The van der Waals surface area contributed by atoms with Crippen molar-refractivity contribution >= 4 is 23.5 Å². The van der Waals surface area contributed by atoms with E-state index in [0.717, 1.165) is 23.5 Å². The molecule has 0 radical (unpaired) electrons. The molecule has 7 nitrogen and oxygen atoms in total. The van der Waals surface area contributed by atoms with E-state index in [1.165, 1.54) is 12.0 Å². The number of nitrogens with one attached hydrogen (secondary N) is 1. The van der Waals surface area contributed by atoms with E-state index in [1.807, 2.05) is 12.1 Å². The van der Waals surface area contributed by atoms with Gasteiger partial charge in [0.1, 0.15) is 0 Å². The first-order valence-electron chi connectivity index (χ1n) is 11.7. The number of methoxy groups -OCH3 is 1. The van der Waals surface area contributed by atoms with E-state index in [1.54, 1.807) is 36.4 Å². The summed E-state index contributed by atoms with van der Waals surface area (Å²) in [6.45, 7) is 0.665. The molecule has 0 bridgehead atoms. The maximum Gasteiger partial charge on any atom is 0.450 e. The van der Waals surface area contributed by atoms with Crippen molar-refractivity contribution in [2.75, 3.05) is 25.5 Å². The minimum Gasteiger partial charge on any atom is -0.465 e. The van der Waals surface area contributed by atoms with E-state index >= 15 is 0 Å². The molecule has 0 atom stereocenters. The van der Waals surface area contributed by atoms with Crippen molar-refractivity contribution in [2.45, 2.75) is 31.4 Å². The molecule has 2 aromatic carbocycles. The normalized spacial score (nSPS) is 14.3. The third-order valence-electron chi connectivity index (χ3n) is 6.34. The lowest BCUT2D eigenvalue weighted by atomic mass is 9.89. The van der Waals surface area contributed by atoms with Crippen molar-refractivity contribution in [3.63, 3.8) is 0 Å². The topological polar surface area (TPSA) is 88.9 Å². The second-order valence-electron chi connectivity index (χ2n) is 8.76. The van der Waals surface area contributed by atoms with Crippen molar-refractivity contribution in [1.29, 1.82) is 0 Å². The van der Waals surface area contributed by atoms with Crippen LogP contribution in [0.15, 0.2) is 65.3 Å². The quantitative estimate of drug-likeness (QED) is 0.452.